The van der Waals surface area contributed by atoms with Gasteiger partial charge in [0.15, 0.2) is 0 Å². The fourth-order valence-corrected chi connectivity index (χ4v) is 4.40. The number of hydrogen-bond acceptors (Lipinski definition) is 4. The van der Waals surface area contributed by atoms with E-state index in [1.165, 1.54) is 17.5 Å². The Morgan fingerprint density at radius 1 is 1.32 bits per heavy atom. The first-order valence-electron chi connectivity index (χ1n) is 9.79. The van der Waals surface area contributed by atoms with Crippen LogP contribution in [0, 0.1) is 12.8 Å². The van der Waals surface area contributed by atoms with Gasteiger partial charge in [0.1, 0.15) is 12.4 Å². The number of benzene rings is 1. The normalized spacial score (nSPS) is 27.8. The number of likely N-dealkylation sites (tertiary alicyclic amines) is 1. The average Bonchev–Trinajstić information content (AvgIpc) is 3.03. The highest BCUT2D eigenvalue weighted by Gasteiger charge is 2.37. The lowest BCUT2D eigenvalue weighted by Gasteiger charge is -2.37. The van der Waals surface area contributed by atoms with Gasteiger partial charge in [0.25, 0.3) is 0 Å². The van der Waals surface area contributed by atoms with Crippen molar-refractivity contribution in [1.29, 1.82) is 0 Å². The van der Waals surface area contributed by atoms with E-state index in [0.29, 0.717) is 31.8 Å². The molecule has 4 nitrogen and oxygen atoms in total. The summed E-state index contributed by atoms with van der Waals surface area (Å²) in [6.45, 7) is 10.7. The number of ether oxygens (including phenoxy) is 2. The maximum Gasteiger partial charge on any atom is 0.119 e. The lowest BCUT2D eigenvalue weighted by Crippen LogP contribution is -2.47. The highest BCUT2D eigenvalue weighted by Crippen LogP contribution is 2.30. The summed E-state index contributed by atoms with van der Waals surface area (Å²) in [6, 6.07) is 6.85. The van der Waals surface area contributed by atoms with Crippen molar-refractivity contribution < 1.29 is 14.6 Å². The maximum absolute atomic E-state index is 10.3. The Labute approximate surface area is 152 Å². The van der Waals surface area contributed by atoms with E-state index in [4.69, 9.17) is 9.47 Å². The van der Waals surface area contributed by atoms with Crippen molar-refractivity contribution in [2.45, 2.75) is 58.1 Å². The van der Waals surface area contributed by atoms with Crippen LogP contribution in [-0.4, -0.2) is 55.1 Å². The Hall–Kier alpha value is -1.10. The van der Waals surface area contributed by atoms with Gasteiger partial charge in [-0.2, -0.15) is 0 Å². The molecular weight excluding hydrogens is 314 g/mol. The van der Waals surface area contributed by atoms with E-state index in [1.54, 1.807) is 0 Å². The molecule has 140 valence electrons. The molecule has 2 aliphatic rings. The number of aliphatic hydroxyl groups is 1. The van der Waals surface area contributed by atoms with E-state index < -0.39 is 0 Å². The summed E-state index contributed by atoms with van der Waals surface area (Å²) < 4.78 is 11.6. The molecule has 1 aromatic rings. The first kappa shape index (κ1) is 18.7. The topological polar surface area (TPSA) is 41.9 Å². The summed E-state index contributed by atoms with van der Waals surface area (Å²) in [4.78, 5) is 2.48. The average molecular weight is 347 g/mol. The first-order chi connectivity index (χ1) is 12.1. The van der Waals surface area contributed by atoms with Crippen LogP contribution in [0.2, 0.25) is 0 Å². The van der Waals surface area contributed by atoms with Gasteiger partial charge < -0.3 is 14.6 Å². The van der Waals surface area contributed by atoms with Gasteiger partial charge in [-0.3, -0.25) is 4.90 Å². The smallest absolute Gasteiger partial charge is 0.119 e. The fraction of sp³-hybridized carbons (Fsp3) is 0.714. The van der Waals surface area contributed by atoms with Crippen molar-refractivity contribution in [3.8, 4) is 5.75 Å². The Morgan fingerprint density at radius 3 is 2.88 bits per heavy atom. The molecule has 2 heterocycles. The Balaban J connectivity index is 1.52. The summed E-state index contributed by atoms with van der Waals surface area (Å²) in [6.07, 6.45) is 2.92. The Kier molecular flexibility index (Phi) is 6.37. The van der Waals surface area contributed by atoms with Crippen molar-refractivity contribution in [3.63, 3.8) is 0 Å². The molecule has 3 rings (SSSR count). The highest BCUT2D eigenvalue weighted by molar-refractivity contribution is 5.36. The fourth-order valence-electron chi connectivity index (χ4n) is 4.40. The summed E-state index contributed by atoms with van der Waals surface area (Å²) in [5.41, 5.74) is 2.69. The summed E-state index contributed by atoms with van der Waals surface area (Å²) in [5, 5.41) is 10.3. The number of nitrogens with zero attached hydrogens (tertiary/aromatic N) is 1. The quantitative estimate of drug-likeness (QED) is 0.857. The van der Waals surface area contributed by atoms with Gasteiger partial charge >= 0.3 is 0 Å². The largest absolute Gasteiger partial charge is 0.492 e. The second-order valence-electron chi connectivity index (χ2n) is 7.86. The van der Waals surface area contributed by atoms with Crippen molar-refractivity contribution in [1.82, 2.24) is 4.90 Å². The van der Waals surface area contributed by atoms with E-state index >= 15 is 0 Å². The third-order valence-corrected chi connectivity index (χ3v) is 5.78. The summed E-state index contributed by atoms with van der Waals surface area (Å²) in [5.74, 6) is 1.76. The highest BCUT2D eigenvalue weighted by atomic mass is 16.5. The van der Waals surface area contributed by atoms with E-state index in [1.807, 2.05) is 0 Å². The van der Waals surface area contributed by atoms with Gasteiger partial charge in [-0.15, -0.1) is 0 Å². The van der Waals surface area contributed by atoms with Crippen LogP contribution in [0.4, 0.5) is 0 Å². The van der Waals surface area contributed by atoms with E-state index in [-0.39, 0.29) is 12.0 Å². The molecule has 0 bridgehead atoms. The number of hydrogen-bond donors (Lipinski definition) is 1. The van der Waals surface area contributed by atoms with Crippen molar-refractivity contribution >= 4 is 0 Å². The van der Waals surface area contributed by atoms with Gasteiger partial charge in [0, 0.05) is 25.1 Å². The third-order valence-electron chi connectivity index (χ3n) is 5.78. The molecule has 25 heavy (non-hydrogen) atoms. The molecule has 0 amide bonds. The lowest BCUT2D eigenvalue weighted by atomic mass is 9.89. The SMILES string of the molecule is Cc1cc(OCCN2CCC[C@@H]2[C@H]2COCC[C@@H]2O)ccc1C(C)C. The molecule has 0 aliphatic carbocycles. The van der Waals surface area contributed by atoms with Crippen LogP contribution in [0.3, 0.4) is 0 Å². The molecular formula is C21H33NO3. The Morgan fingerprint density at radius 2 is 2.16 bits per heavy atom. The van der Waals surface area contributed by atoms with Gasteiger partial charge in [-0.05, 0) is 61.9 Å². The van der Waals surface area contributed by atoms with Crippen LogP contribution >= 0.6 is 0 Å². The molecule has 1 N–H and O–H groups in total. The molecule has 0 saturated carbocycles. The van der Waals surface area contributed by atoms with Crippen LogP contribution in [0.15, 0.2) is 18.2 Å². The van der Waals surface area contributed by atoms with Crippen LogP contribution in [0.5, 0.6) is 5.75 Å². The minimum Gasteiger partial charge on any atom is -0.492 e. The molecule has 0 aromatic heterocycles. The molecule has 0 spiro atoms. The van der Waals surface area contributed by atoms with E-state index in [0.717, 1.165) is 31.7 Å². The van der Waals surface area contributed by atoms with Crippen LogP contribution in [0.25, 0.3) is 0 Å². The van der Waals surface area contributed by atoms with Gasteiger partial charge in [-0.25, -0.2) is 0 Å². The molecule has 1 aromatic carbocycles. The van der Waals surface area contributed by atoms with Crippen molar-refractivity contribution in [3.05, 3.63) is 29.3 Å². The standard InChI is InChI=1S/C21H33NO3/c1-15(2)18-7-6-17(13-16(18)3)25-12-10-22-9-4-5-20(22)19-14-24-11-8-21(19)23/h6-7,13,15,19-21,23H,4-5,8-12,14H2,1-3H3/t19-,20-,21+/m1/s1. The second-order valence-corrected chi connectivity index (χ2v) is 7.86. The van der Waals surface area contributed by atoms with Crippen LogP contribution in [-0.2, 0) is 4.74 Å². The number of aliphatic hydroxyl groups excluding tert-OH is 1. The monoisotopic (exact) mass is 347 g/mol. The molecule has 2 fully saturated rings. The molecule has 2 aliphatic heterocycles. The van der Waals surface area contributed by atoms with E-state index in [2.05, 4.69) is 43.9 Å². The third kappa shape index (κ3) is 4.55. The van der Waals surface area contributed by atoms with Gasteiger partial charge in [-0.1, -0.05) is 19.9 Å². The zero-order chi connectivity index (χ0) is 17.8. The molecule has 0 unspecified atom stereocenters. The van der Waals surface area contributed by atoms with Gasteiger partial charge in [0.2, 0.25) is 0 Å². The summed E-state index contributed by atoms with van der Waals surface area (Å²) >= 11 is 0. The van der Waals surface area contributed by atoms with Crippen molar-refractivity contribution in [2.24, 2.45) is 5.92 Å². The number of rotatable bonds is 6. The predicted molar refractivity (Wildman–Crippen MR) is 100 cm³/mol. The molecule has 2 saturated heterocycles. The minimum atomic E-state index is -0.216. The van der Waals surface area contributed by atoms with Gasteiger partial charge in [0.05, 0.1) is 12.7 Å². The Bertz CT molecular complexity index is 560. The maximum atomic E-state index is 10.3. The predicted octanol–water partition coefficient (Wildman–Crippen LogP) is 3.36. The van der Waals surface area contributed by atoms with Crippen LogP contribution in [0.1, 0.15) is 50.2 Å². The first-order valence-corrected chi connectivity index (χ1v) is 9.79. The molecule has 3 atom stereocenters. The lowest BCUT2D eigenvalue weighted by molar-refractivity contribution is -0.0634. The molecule has 4 heteroatoms. The second kappa shape index (κ2) is 8.52. The minimum absolute atomic E-state index is 0.216. The number of aryl methyl sites for hydroxylation is 1. The van der Waals surface area contributed by atoms with Crippen molar-refractivity contribution in [2.75, 3.05) is 32.9 Å². The molecule has 0 radical (unpaired) electrons. The zero-order valence-corrected chi connectivity index (χ0v) is 15.9. The zero-order valence-electron chi connectivity index (χ0n) is 15.9. The van der Waals surface area contributed by atoms with E-state index in [9.17, 15) is 5.11 Å². The van der Waals surface area contributed by atoms with Crippen LogP contribution < -0.4 is 4.74 Å². The summed E-state index contributed by atoms with van der Waals surface area (Å²) in [7, 11) is 0.